The molecule has 0 spiro atoms. The predicted molar refractivity (Wildman–Crippen MR) is 90.2 cm³/mol. The first-order chi connectivity index (χ1) is 10.1. The molecule has 2 atom stereocenters. The summed E-state index contributed by atoms with van der Waals surface area (Å²) in [5.41, 5.74) is 11.5. The van der Waals surface area contributed by atoms with Crippen LogP contribution in [-0.2, 0) is 0 Å². The summed E-state index contributed by atoms with van der Waals surface area (Å²) in [7, 11) is 0. The van der Waals surface area contributed by atoms with Gasteiger partial charge in [0.15, 0.2) is 0 Å². The van der Waals surface area contributed by atoms with Crippen LogP contribution >= 0.6 is 0 Å². The highest BCUT2D eigenvalue weighted by molar-refractivity contribution is 5.80. The monoisotopic (exact) mass is 274 g/mol. The van der Waals surface area contributed by atoms with E-state index in [1.807, 2.05) is 0 Å². The van der Waals surface area contributed by atoms with E-state index >= 15 is 0 Å². The van der Waals surface area contributed by atoms with Crippen LogP contribution in [0, 0.1) is 25.7 Å². The Morgan fingerprint density at radius 3 is 1.43 bits per heavy atom. The average molecular weight is 274 g/mol. The second-order valence-corrected chi connectivity index (χ2v) is 6.26. The van der Waals surface area contributed by atoms with Crippen molar-refractivity contribution in [1.82, 2.24) is 0 Å². The Bertz CT molecular complexity index is 650. The molecule has 0 saturated heterocycles. The van der Waals surface area contributed by atoms with Crippen LogP contribution in [0.15, 0.2) is 59.8 Å². The van der Waals surface area contributed by atoms with Crippen molar-refractivity contribution in [3.05, 3.63) is 82.1 Å². The molecule has 3 rings (SSSR count). The second-order valence-electron chi connectivity index (χ2n) is 6.26. The van der Waals surface area contributed by atoms with E-state index in [9.17, 15) is 0 Å². The summed E-state index contributed by atoms with van der Waals surface area (Å²) >= 11 is 0. The average Bonchev–Trinajstić information content (AvgIpc) is 3.05. The van der Waals surface area contributed by atoms with Gasteiger partial charge in [-0.2, -0.15) is 0 Å². The van der Waals surface area contributed by atoms with Gasteiger partial charge in [0.2, 0.25) is 0 Å². The molecular weight excluding hydrogens is 252 g/mol. The molecule has 2 aromatic rings. The molecular formula is C21H22. The van der Waals surface area contributed by atoms with Gasteiger partial charge in [0.1, 0.15) is 0 Å². The van der Waals surface area contributed by atoms with Gasteiger partial charge in [0, 0.05) is 5.57 Å². The topological polar surface area (TPSA) is 0 Å². The number of benzene rings is 2. The molecule has 0 unspecified atom stereocenters. The van der Waals surface area contributed by atoms with Gasteiger partial charge in [-0.05, 0) is 42.4 Å². The summed E-state index contributed by atoms with van der Waals surface area (Å²) < 4.78 is 0. The zero-order valence-corrected chi connectivity index (χ0v) is 13.3. The minimum atomic E-state index is 0.677. The van der Waals surface area contributed by atoms with Crippen molar-refractivity contribution >= 4 is 5.57 Å². The number of rotatable bonds is 2. The third kappa shape index (κ3) is 2.86. The molecule has 2 aromatic carbocycles. The molecule has 0 radical (unpaired) electrons. The van der Waals surface area contributed by atoms with E-state index in [1.54, 1.807) is 0 Å². The molecule has 0 aromatic heterocycles. The first-order valence-electron chi connectivity index (χ1n) is 7.71. The number of allylic oxidation sites excluding steroid dienone is 1. The van der Waals surface area contributed by atoms with Gasteiger partial charge in [-0.1, -0.05) is 73.5 Å². The normalized spacial score (nSPS) is 20.1. The zero-order valence-electron chi connectivity index (χ0n) is 13.3. The van der Waals surface area contributed by atoms with Crippen molar-refractivity contribution < 1.29 is 0 Å². The van der Waals surface area contributed by atoms with E-state index in [1.165, 1.54) is 33.4 Å². The maximum Gasteiger partial charge on any atom is 0.0309 e. The van der Waals surface area contributed by atoms with Crippen LogP contribution in [0.1, 0.15) is 36.1 Å². The maximum atomic E-state index is 3.70. The zero-order chi connectivity index (χ0) is 15.0. The summed E-state index contributed by atoms with van der Waals surface area (Å²) in [6.45, 7) is 8.83. The molecule has 106 valence electrons. The Balaban J connectivity index is 2.14. The lowest BCUT2D eigenvalue weighted by Gasteiger charge is -2.07. The minimum absolute atomic E-state index is 0.677. The van der Waals surface area contributed by atoms with Crippen LogP contribution in [0.2, 0.25) is 0 Å². The van der Waals surface area contributed by atoms with Crippen LogP contribution in [0.4, 0.5) is 0 Å². The van der Waals surface area contributed by atoms with Gasteiger partial charge in [-0.25, -0.2) is 0 Å². The van der Waals surface area contributed by atoms with Crippen molar-refractivity contribution in [2.24, 2.45) is 11.8 Å². The van der Waals surface area contributed by atoms with Gasteiger partial charge in [-0.3, -0.25) is 0 Å². The first-order valence-corrected chi connectivity index (χ1v) is 7.71. The molecule has 0 nitrogen and oxygen atoms in total. The SMILES string of the molecule is Cc1ccc(C(=C=C2[C@@H](C)[C@H]2C)c2ccc(C)cc2)cc1. The number of aryl methyl sites for hydroxylation is 2. The standard InChI is InChI=1S/C21H22/c1-14-5-9-18(10-6-14)21(13-20-16(3)17(20)4)19-11-7-15(2)8-12-19/h5-12,16-17H,1-4H3/t16-,17+. The smallest absolute Gasteiger partial charge is 0.0309 e. The lowest BCUT2D eigenvalue weighted by Crippen LogP contribution is -1.87. The molecule has 0 bridgehead atoms. The van der Waals surface area contributed by atoms with Crippen LogP contribution in [-0.4, -0.2) is 0 Å². The summed E-state index contributed by atoms with van der Waals surface area (Å²) in [6, 6.07) is 17.5. The summed E-state index contributed by atoms with van der Waals surface area (Å²) in [5, 5.41) is 0. The van der Waals surface area contributed by atoms with Crippen LogP contribution in [0.3, 0.4) is 0 Å². The van der Waals surface area contributed by atoms with Crippen LogP contribution in [0.5, 0.6) is 0 Å². The Kier molecular flexibility index (Phi) is 3.57. The molecule has 1 aliphatic carbocycles. The van der Waals surface area contributed by atoms with E-state index in [0.29, 0.717) is 11.8 Å². The van der Waals surface area contributed by atoms with E-state index in [0.717, 1.165) is 0 Å². The van der Waals surface area contributed by atoms with Gasteiger partial charge >= 0.3 is 0 Å². The molecule has 1 fully saturated rings. The largest absolute Gasteiger partial charge is 0.112 e. The third-order valence-electron chi connectivity index (χ3n) is 4.57. The minimum Gasteiger partial charge on any atom is -0.112 e. The Morgan fingerprint density at radius 1 is 0.714 bits per heavy atom. The van der Waals surface area contributed by atoms with Crippen molar-refractivity contribution in [2.75, 3.05) is 0 Å². The summed E-state index contributed by atoms with van der Waals surface area (Å²) in [6.07, 6.45) is 0. The quantitative estimate of drug-likeness (QED) is 0.630. The Hall–Kier alpha value is -2.04. The van der Waals surface area contributed by atoms with Gasteiger partial charge in [0.25, 0.3) is 0 Å². The second kappa shape index (κ2) is 5.39. The summed E-state index contributed by atoms with van der Waals surface area (Å²) in [4.78, 5) is 0. The van der Waals surface area contributed by atoms with E-state index in [4.69, 9.17) is 0 Å². The fourth-order valence-corrected chi connectivity index (χ4v) is 2.69. The van der Waals surface area contributed by atoms with E-state index < -0.39 is 0 Å². The van der Waals surface area contributed by atoms with Gasteiger partial charge in [-0.15, -0.1) is 5.73 Å². The van der Waals surface area contributed by atoms with E-state index in [-0.39, 0.29) is 0 Å². The van der Waals surface area contributed by atoms with Crippen molar-refractivity contribution in [1.29, 1.82) is 0 Å². The predicted octanol–water partition coefficient (Wildman–Crippen LogP) is 5.55. The first kappa shape index (κ1) is 13.9. The lowest BCUT2D eigenvalue weighted by molar-refractivity contribution is 0.834. The fourth-order valence-electron chi connectivity index (χ4n) is 2.69. The third-order valence-corrected chi connectivity index (χ3v) is 4.57. The van der Waals surface area contributed by atoms with Crippen LogP contribution in [0.25, 0.3) is 5.57 Å². The fraction of sp³-hybridized carbons (Fsp3) is 0.286. The van der Waals surface area contributed by atoms with E-state index in [2.05, 4.69) is 82.0 Å². The number of hydrogen-bond acceptors (Lipinski definition) is 0. The molecule has 21 heavy (non-hydrogen) atoms. The molecule has 1 aliphatic rings. The van der Waals surface area contributed by atoms with Crippen molar-refractivity contribution in [3.8, 4) is 0 Å². The Morgan fingerprint density at radius 2 is 1.10 bits per heavy atom. The molecule has 0 heterocycles. The Labute approximate surface area is 127 Å². The van der Waals surface area contributed by atoms with Gasteiger partial charge < -0.3 is 0 Å². The molecule has 0 N–H and O–H groups in total. The highest BCUT2D eigenvalue weighted by Crippen LogP contribution is 2.44. The summed E-state index contributed by atoms with van der Waals surface area (Å²) in [5.74, 6) is 1.35. The van der Waals surface area contributed by atoms with Crippen LogP contribution < -0.4 is 0 Å². The van der Waals surface area contributed by atoms with Gasteiger partial charge in [0.05, 0.1) is 0 Å². The van der Waals surface area contributed by atoms with Crippen molar-refractivity contribution in [2.45, 2.75) is 27.7 Å². The highest BCUT2D eigenvalue weighted by atomic mass is 14.4. The molecule has 0 amide bonds. The number of hydrogen-bond donors (Lipinski definition) is 0. The lowest BCUT2D eigenvalue weighted by atomic mass is 9.97. The molecule has 0 heteroatoms. The highest BCUT2D eigenvalue weighted by Gasteiger charge is 2.35. The molecule has 0 aliphatic heterocycles. The van der Waals surface area contributed by atoms with Crippen molar-refractivity contribution in [3.63, 3.8) is 0 Å². The maximum absolute atomic E-state index is 3.70. The molecule has 1 saturated carbocycles.